The number of hydrogen-bond donors (Lipinski definition) is 0. The van der Waals surface area contributed by atoms with E-state index < -0.39 is 0 Å². The van der Waals surface area contributed by atoms with Gasteiger partial charge in [0.05, 0.1) is 0 Å². The van der Waals surface area contributed by atoms with Gasteiger partial charge in [-0.3, -0.25) is 4.79 Å². The number of Topliss-reactive ketones (excluding diaryl/α,β-unsaturated/α-hetero) is 1. The highest BCUT2D eigenvalue weighted by molar-refractivity contribution is 5.78. The van der Waals surface area contributed by atoms with Gasteiger partial charge in [0.25, 0.3) is 0 Å². The van der Waals surface area contributed by atoms with Crippen LogP contribution in [0.25, 0.3) is 5.76 Å². The van der Waals surface area contributed by atoms with Crippen molar-refractivity contribution in [2.75, 3.05) is 6.61 Å². The summed E-state index contributed by atoms with van der Waals surface area (Å²) in [5.41, 5.74) is 3.67. The molecule has 0 aliphatic carbocycles. The summed E-state index contributed by atoms with van der Waals surface area (Å²) in [5.74, 6) is 2.53. The number of carbonyl (C=O) groups excluding carboxylic acids is 1. The fourth-order valence-electron chi connectivity index (χ4n) is 3.18. The Morgan fingerprint density at radius 2 is 1.96 bits per heavy atom. The summed E-state index contributed by atoms with van der Waals surface area (Å²) < 4.78 is 5.75. The third-order valence-electron chi connectivity index (χ3n) is 4.90. The lowest BCUT2D eigenvalue weighted by molar-refractivity contribution is -0.119. The molecule has 25 heavy (non-hydrogen) atoms. The van der Waals surface area contributed by atoms with Crippen LogP contribution in [0.1, 0.15) is 70.1 Å². The second-order valence-electron chi connectivity index (χ2n) is 7.38. The minimum absolute atomic E-state index is 0.0144. The van der Waals surface area contributed by atoms with Crippen LogP contribution in [0.3, 0.4) is 0 Å². The van der Waals surface area contributed by atoms with Crippen LogP contribution >= 0.6 is 0 Å². The molecule has 0 spiro atoms. The minimum atomic E-state index is 0.0144. The van der Waals surface area contributed by atoms with Crippen molar-refractivity contribution in [2.45, 2.75) is 60.3 Å². The van der Waals surface area contributed by atoms with Crippen LogP contribution in [0.5, 0.6) is 0 Å². The topological polar surface area (TPSA) is 26.3 Å². The number of allylic oxidation sites excluding steroid dienone is 2. The van der Waals surface area contributed by atoms with Crippen molar-refractivity contribution in [3.8, 4) is 0 Å². The summed E-state index contributed by atoms with van der Waals surface area (Å²) in [4.78, 5) is 11.3. The van der Waals surface area contributed by atoms with Crippen molar-refractivity contribution in [2.24, 2.45) is 11.8 Å². The molecule has 0 bridgehead atoms. The van der Waals surface area contributed by atoms with Gasteiger partial charge in [-0.2, -0.15) is 0 Å². The largest absolute Gasteiger partial charge is 0.485 e. The molecule has 0 amide bonds. The zero-order valence-corrected chi connectivity index (χ0v) is 16.8. The highest BCUT2D eigenvalue weighted by atomic mass is 16.5. The number of rotatable bonds is 10. The maximum Gasteiger partial charge on any atom is 0.167 e. The second kappa shape index (κ2) is 10.2. The van der Waals surface area contributed by atoms with Gasteiger partial charge in [-0.15, -0.1) is 0 Å². The smallest absolute Gasteiger partial charge is 0.167 e. The molecule has 0 aromatic heterocycles. The van der Waals surface area contributed by atoms with Gasteiger partial charge in [0.1, 0.15) is 12.4 Å². The Hall–Kier alpha value is -1.83. The predicted molar refractivity (Wildman–Crippen MR) is 108 cm³/mol. The van der Waals surface area contributed by atoms with Crippen molar-refractivity contribution in [1.82, 2.24) is 0 Å². The molecule has 2 atom stereocenters. The van der Waals surface area contributed by atoms with Crippen LogP contribution in [-0.2, 0) is 9.53 Å². The third-order valence-corrected chi connectivity index (χ3v) is 4.90. The summed E-state index contributed by atoms with van der Waals surface area (Å²) in [6, 6.07) is 6.40. The molecule has 2 heteroatoms. The normalized spacial score (nSPS) is 14.3. The van der Waals surface area contributed by atoms with Crippen molar-refractivity contribution < 1.29 is 9.53 Å². The Morgan fingerprint density at radius 3 is 2.48 bits per heavy atom. The molecule has 2 nitrogen and oxygen atoms in total. The SMILES string of the molecule is C=CC=C(OCC(C)=O)c1cccc(C(CC(C)CC)C(C)C)c1C. The number of ether oxygens (including phenoxy) is 1. The van der Waals surface area contributed by atoms with Crippen LogP contribution in [0.2, 0.25) is 0 Å². The van der Waals surface area contributed by atoms with Crippen molar-refractivity contribution in [3.63, 3.8) is 0 Å². The lowest BCUT2D eigenvalue weighted by Gasteiger charge is -2.27. The number of carbonyl (C=O) groups is 1. The Morgan fingerprint density at radius 1 is 1.28 bits per heavy atom. The van der Waals surface area contributed by atoms with Crippen molar-refractivity contribution in [1.29, 1.82) is 0 Å². The van der Waals surface area contributed by atoms with Crippen LogP contribution < -0.4 is 0 Å². The monoisotopic (exact) mass is 342 g/mol. The van der Waals surface area contributed by atoms with Gasteiger partial charge in [-0.1, -0.05) is 65.0 Å². The van der Waals surface area contributed by atoms with Crippen molar-refractivity contribution in [3.05, 3.63) is 53.6 Å². The second-order valence-corrected chi connectivity index (χ2v) is 7.38. The lowest BCUT2D eigenvalue weighted by Crippen LogP contribution is -2.13. The zero-order valence-electron chi connectivity index (χ0n) is 16.8. The summed E-state index contributed by atoms with van der Waals surface area (Å²) in [5, 5.41) is 0. The molecular formula is C23H34O2. The van der Waals surface area contributed by atoms with E-state index in [2.05, 4.69) is 59.4 Å². The summed E-state index contributed by atoms with van der Waals surface area (Å²) >= 11 is 0. The number of hydrogen-bond acceptors (Lipinski definition) is 2. The summed E-state index contributed by atoms with van der Waals surface area (Å²) in [7, 11) is 0. The molecule has 0 saturated heterocycles. The fourth-order valence-corrected chi connectivity index (χ4v) is 3.18. The van der Waals surface area contributed by atoms with E-state index in [9.17, 15) is 4.79 Å². The predicted octanol–water partition coefficient (Wildman–Crippen LogP) is 6.30. The molecule has 0 aliphatic heterocycles. The first kappa shape index (κ1) is 21.2. The molecule has 0 saturated carbocycles. The Bertz CT molecular complexity index is 611. The molecule has 1 aromatic carbocycles. The van der Waals surface area contributed by atoms with Crippen molar-refractivity contribution >= 4 is 11.5 Å². The Kier molecular flexibility index (Phi) is 8.68. The first-order valence-corrected chi connectivity index (χ1v) is 9.36. The van der Waals surface area contributed by atoms with E-state index in [4.69, 9.17) is 4.74 Å². The molecule has 0 radical (unpaired) electrons. The molecule has 138 valence electrons. The number of benzene rings is 1. The number of ketones is 1. The average molecular weight is 343 g/mol. The first-order chi connectivity index (χ1) is 11.8. The molecule has 0 fully saturated rings. The van der Waals surface area contributed by atoms with E-state index in [1.807, 2.05) is 6.08 Å². The minimum Gasteiger partial charge on any atom is -0.485 e. The molecular weight excluding hydrogens is 308 g/mol. The maximum atomic E-state index is 11.3. The fraction of sp³-hybridized carbons (Fsp3) is 0.522. The average Bonchev–Trinajstić information content (AvgIpc) is 2.56. The van der Waals surface area contributed by atoms with Crippen LogP contribution in [0.4, 0.5) is 0 Å². The Labute approximate surface area is 154 Å². The van der Waals surface area contributed by atoms with Gasteiger partial charge < -0.3 is 4.74 Å². The highest BCUT2D eigenvalue weighted by Gasteiger charge is 2.22. The quantitative estimate of drug-likeness (QED) is 0.368. The van der Waals surface area contributed by atoms with Gasteiger partial charge in [0.15, 0.2) is 5.78 Å². The zero-order chi connectivity index (χ0) is 19.0. The van der Waals surface area contributed by atoms with Gasteiger partial charge in [-0.05, 0) is 55.2 Å². The van der Waals surface area contributed by atoms with E-state index in [1.165, 1.54) is 30.9 Å². The molecule has 0 heterocycles. The van der Waals surface area contributed by atoms with Gasteiger partial charge >= 0.3 is 0 Å². The molecule has 0 N–H and O–H groups in total. The first-order valence-electron chi connectivity index (χ1n) is 9.36. The van der Waals surface area contributed by atoms with Crippen LogP contribution in [-0.4, -0.2) is 12.4 Å². The van der Waals surface area contributed by atoms with Gasteiger partial charge in [0, 0.05) is 5.56 Å². The standard InChI is InChI=1S/C23H34O2/c1-8-11-23(25-15-18(6)24)21-13-10-12-20(19(21)7)22(16(3)4)14-17(5)9-2/h8,10-13,16-17,22H,1,9,14-15H2,2-7H3. The van der Waals surface area contributed by atoms with Crippen LogP contribution in [0.15, 0.2) is 36.9 Å². The van der Waals surface area contributed by atoms with Crippen LogP contribution in [0, 0.1) is 18.8 Å². The summed E-state index contributed by atoms with van der Waals surface area (Å²) in [6.07, 6.45) is 5.94. The van der Waals surface area contributed by atoms with Gasteiger partial charge in [-0.25, -0.2) is 0 Å². The maximum absolute atomic E-state index is 11.3. The van der Waals surface area contributed by atoms with E-state index in [0.29, 0.717) is 17.8 Å². The van der Waals surface area contributed by atoms with E-state index in [1.54, 1.807) is 6.08 Å². The van der Waals surface area contributed by atoms with Gasteiger partial charge in [0.2, 0.25) is 0 Å². The van der Waals surface area contributed by atoms with E-state index in [0.717, 1.165) is 11.3 Å². The molecule has 0 aliphatic rings. The molecule has 1 aromatic rings. The van der Waals surface area contributed by atoms with E-state index >= 15 is 0 Å². The highest BCUT2D eigenvalue weighted by Crippen LogP contribution is 2.36. The summed E-state index contributed by atoms with van der Waals surface area (Å²) in [6.45, 7) is 16.7. The molecule has 2 unspecified atom stereocenters. The van der Waals surface area contributed by atoms with E-state index in [-0.39, 0.29) is 12.4 Å². The lowest BCUT2D eigenvalue weighted by atomic mass is 9.78. The Balaban J connectivity index is 3.27. The molecule has 1 rings (SSSR count). The third kappa shape index (κ3) is 6.19.